The summed E-state index contributed by atoms with van der Waals surface area (Å²) >= 11 is 0. The van der Waals surface area contributed by atoms with Crippen LogP contribution in [0.5, 0.6) is 0 Å². The van der Waals surface area contributed by atoms with Crippen LogP contribution in [0.4, 0.5) is 0 Å². The fourth-order valence-electron chi connectivity index (χ4n) is 3.02. The number of amides is 1. The minimum atomic E-state index is -1.13. The zero-order valence-electron chi connectivity index (χ0n) is 12.3. The molecule has 1 aliphatic carbocycles. The third kappa shape index (κ3) is 4.03. The highest BCUT2D eigenvalue weighted by Crippen LogP contribution is 2.27. The smallest absolute Gasteiger partial charge is 0.338 e. The van der Waals surface area contributed by atoms with Crippen LogP contribution in [-0.4, -0.2) is 28.0 Å². The third-order valence-electron chi connectivity index (χ3n) is 4.13. The Morgan fingerprint density at radius 3 is 2.67 bits per heavy atom. The average molecular weight is 290 g/mol. The van der Waals surface area contributed by atoms with E-state index < -0.39 is 5.97 Å². The minimum absolute atomic E-state index is 0.000631. The van der Waals surface area contributed by atoms with Gasteiger partial charge in [-0.1, -0.05) is 19.8 Å². The molecule has 1 amide bonds. The van der Waals surface area contributed by atoms with Crippen molar-refractivity contribution in [3.05, 3.63) is 29.6 Å². The topological polar surface area (TPSA) is 79.3 Å². The highest BCUT2D eigenvalue weighted by molar-refractivity contribution is 6.03. The first kappa shape index (κ1) is 15.5. The number of pyridine rings is 1. The number of aromatic carboxylic acids is 1. The van der Waals surface area contributed by atoms with E-state index in [1.54, 1.807) is 0 Å². The van der Waals surface area contributed by atoms with Crippen molar-refractivity contribution in [2.24, 2.45) is 5.92 Å². The molecule has 1 aromatic rings. The predicted octanol–water partition coefficient (Wildman–Crippen LogP) is 2.87. The van der Waals surface area contributed by atoms with Crippen LogP contribution in [-0.2, 0) is 0 Å². The summed E-state index contributed by atoms with van der Waals surface area (Å²) in [6, 6.07) is 3.06. The van der Waals surface area contributed by atoms with Crippen LogP contribution < -0.4 is 5.32 Å². The van der Waals surface area contributed by atoms with Gasteiger partial charge in [0.2, 0.25) is 0 Å². The number of rotatable bonds is 5. The molecule has 1 saturated carbocycles. The summed E-state index contributed by atoms with van der Waals surface area (Å²) in [5, 5.41) is 12.0. The van der Waals surface area contributed by atoms with Crippen molar-refractivity contribution in [1.82, 2.24) is 10.3 Å². The molecule has 0 bridgehead atoms. The van der Waals surface area contributed by atoms with E-state index in [1.807, 2.05) is 0 Å². The molecule has 2 N–H and O–H groups in total. The lowest BCUT2D eigenvalue weighted by atomic mass is 9.83. The molecular weight excluding hydrogens is 268 g/mol. The standard InChI is InChI=1S/C16H22N2O3/c1-2-4-11-6-8-12(9-7-11)18-15(19)14-13(16(20)21)5-3-10-17-14/h3,5,10-12H,2,4,6-9H2,1H3,(H,18,19)(H,20,21). The van der Waals surface area contributed by atoms with Crippen molar-refractivity contribution >= 4 is 11.9 Å². The Bertz CT molecular complexity index is 508. The molecule has 0 aromatic carbocycles. The Kier molecular flexibility index (Phi) is 5.31. The van der Waals surface area contributed by atoms with Gasteiger partial charge in [-0.2, -0.15) is 0 Å². The molecule has 1 aromatic heterocycles. The van der Waals surface area contributed by atoms with Crippen molar-refractivity contribution in [2.75, 3.05) is 0 Å². The van der Waals surface area contributed by atoms with Gasteiger partial charge in [0.1, 0.15) is 5.69 Å². The second kappa shape index (κ2) is 7.20. The number of carboxylic acids is 1. The van der Waals surface area contributed by atoms with Crippen LogP contribution in [0.15, 0.2) is 18.3 Å². The number of hydrogen-bond donors (Lipinski definition) is 2. The largest absolute Gasteiger partial charge is 0.478 e. The molecular formula is C16H22N2O3. The maximum atomic E-state index is 12.2. The second-order valence-electron chi connectivity index (χ2n) is 5.68. The van der Waals surface area contributed by atoms with Crippen LogP contribution in [0.1, 0.15) is 66.3 Å². The predicted molar refractivity (Wildman–Crippen MR) is 79.3 cm³/mol. The van der Waals surface area contributed by atoms with Crippen molar-refractivity contribution in [2.45, 2.75) is 51.5 Å². The van der Waals surface area contributed by atoms with Gasteiger partial charge in [0.15, 0.2) is 0 Å². The number of nitrogens with one attached hydrogen (secondary N) is 1. The average Bonchev–Trinajstić information content (AvgIpc) is 2.49. The Balaban J connectivity index is 1.95. The first-order valence-corrected chi connectivity index (χ1v) is 7.61. The van der Waals surface area contributed by atoms with E-state index in [0.29, 0.717) is 0 Å². The Morgan fingerprint density at radius 2 is 2.05 bits per heavy atom. The van der Waals surface area contributed by atoms with E-state index in [-0.39, 0.29) is 23.2 Å². The summed E-state index contributed by atoms with van der Waals surface area (Å²) in [5.74, 6) is -0.737. The number of aromatic nitrogens is 1. The van der Waals surface area contributed by atoms with Crippen molar-refractivity contribution in [3.8, 4) is 0 Å². The maximum absolute atomic E-state index is 12.2. The number of nitrogens with zero attached hydrogens (tertiary/aromatic N) is 1. The first-order chi connectivity index (χ1) is 10.1. The van der Waals surface area contributed by atoms with Gasteiger partial charge in [0.25, 0.3) is 5.91 Å². The lowest BCUT2D eigenvalue weighted by Crippen LogP contribution is -2.38. The highest BCUT2D eigenvalue weighted by atomic mass is 16.4. The van der Waals surface area contributed by atoms with Crippen molar-refractivity contribution < 1.29 is 14.7 Å². The number of hydrogen-bond acceptors (Lipinski definition) is 3. The summed E-state index contributed by atoms with van der Waals surface area (Å²) in [6.07, 6.45) is 8.10. The SMILES string of the molecule is CCCC1CCC(NC(=O)c2ncccc2C(=O)O)CC1. The number of carboxylic acid groups (broad SMARTS) is 1. The van der Waals surface area contributed by atoms with Crippen LogP contribution in [0.25, 0.3) is 0 Å². The van der Waals surface area contributed by atoms with Crippen molar-refractivity contribution in [3.63, 3.8) is 0 Å². The molecule has 1 fully saturated rings. The molecule has 0 saturated heterocycles. The Hall–Kier alpha value is -1.91. The fourth-order valence-corrected chi connectivity index (χ4v) is 3.02. The van der Waals surface area contributed by atoms with Crippen molar-refractivity contribution in [1.29, 1.82) is 0 Å². The van der Waals surface area contributed by atoms with Gasteiger partial charge in [-0.15, -0.1) is 0 Å². The van der Waals surface area contributed by atoms with Gasteiger partial charge < -0.3 is 10.4 Å². The molecule has 2 rings (SSSR count). The van der Waals surface area contributed by atoms with E-state index in [1.165, 1.54) is 31.2 Å². The normalized spacial score (nSPS) is 21.8. The third-order valence-corrected chi connectivity index (χ3v) is 4.13. The summed E-state index contributed by atoms with van der Waals surface area (Å²) < 4.78 is 0. The summed E-state index contributed by atoms with van der Waals surface area (Å²) in [7, 11) is 0. The minimum Gasteiger partial charge on any atom is -0.478 e. The van der Waals surface area contributed by atoms with Crippen LogP contribution in [0, 0.1) is 5.92 Å². The second-order valence-corrected chi connectivity index (χ2v) is 5.68. The van der Waals surface area contributed by atoms with Crippen LogP contribution >= 0.6 is 0 Å². The quantitative estimate of drug-likeness (QED) is 0.874. The van der Waals surface area contributed by atoms with Crippen LogP contribution in [0.2, 0.25) is 0 Å². The van der Waals surface area contributed by atoms with E-state index in [2.05, 4.69) is 17.2 Å². The van der Waals surface area contributed by atoms with Gasteiger partial charge in [-0.05, 0) is 43.7 Å². The van der Waals surface area contributed by atoms with E-state index in [0.717, 1.165) is 31.6 Å². The molecule has 0 atom stereocenters. The van der Waals surface area contributed by atoms with Gasteiger partial charge in [-0.3, -0.25) is 9.78 Å². The highest BCUT2D eigenvalue weighted by Gasteiger charge is 2.24. The number of carbonyl (C=O) groups excluding carboxylic acids is 1. The van der Waals surface area contributed by atoms with E-state index in [4.69, 9.17) is 5.11 Å². The zero-order chi connectivity index (χ0) is 15.2. The molecule has 5 nitrogen and oxygen atoms in total. The molecule has 5 heteroatoms. The first-order valence-electron chi connectivity index (χ1n) is 7.61. The summed E-state index contributed by atoms with van der Waals surface area (Å²) in [6.45, 7) is 2.20. The van der Waals surface area contributed by atoms with Crippen LogP contribution in [0.3, 0.4) is 0 Å². The number of carbonyl (C=O) groups is 2. The van der Waals surface area contributed by atoms with Gasteiger partial charge in [0, 0.05) is 12.2 Å². The molecule has 0 aliphatic heterocycles. The molecule has 114 valence electrons. The monoisotopic (exact) mass is 290 g/mol. The molecule has 0 unspecified atom stereocenters. The Morgan fingerprint density at radius 1 is 1.33 bits per heavy atom. The fraction of sp³-hybridized carbons (Fsp3) is 0.562. The molecule has 0 radical (unpaired) electrons. The molecule has 21 heavy (non-hydrogen) atoms. The van der Waals surface area contributed by atoms with E-state index >= 15 is 0 Å². The zero-order valence-corrected chi connectivity index (χ0v) is 12.3. The molecule has 0 spiro atoms. The molecule has 1 aliphatic rings. The lowest BCUT2D eigenvalue weighted by molar-refractivity contribution is 0.0689. The maximum Gasteiger partial charge on any atom is 0.338 e. The van der Waals surface area contributed by atoms with Gasteiger partial charge >= 0.3 is 5.97 Å². The van der Waals surface area contributed by atoms with Gasteiger partial charge in [-0.25, -0.2) is 4.79 Å². The van der Waals surface area contributed by atoms with E-state index in [9.17, 15) is 9.59 Å². The Labute approximate surface area is 124 Å². The lowest BCUT2D eigenvalue weighted by Gasteiger charge is -2.28. The summed E-state index contributed by atoms with van der Waals surface area (Å²) in [4.78, 5) is 27.2. The van der Waals surface area contributed by atoms with Gasteiger partial charge in [0.05, 0.1) is 5.56 Å². The summed E-state index contributed by atoms with van der Waals surface area (Å²) in [5.41, 5.74) is -0.0460. The molecule has 1 heterocycles.